The third kappa shape index (κ3) is 3.48. The van der Waals surface area contributed by atoms with Crippen molar-refractivity contribution in [1.29, 1.82) is 0 Å². The number of amidine groups is 1. The molecule has 2 unspecified atom stereocenters. The Morgan fingerprint density at radius 3 is 2.38 bits per heavy atom. The van der Waals surface area contributed by atoms with Crippen molar-refractivity contribution in [3.63, 3.8) is 0 Å². The normalized spacial score (nSPS) is 27.5. The molecule has 2 rings (SSSR count). The Bertz CT molecular complexity index is 414. The first-order chi connectivity index (χ1) is 9.90. The molecular formula is C15H28N4O2. The third-order valence-electron chi connectivity index (χ3n) is 4.90. The number of nitrogens with two attached hydrogens (primary N) is 1. The summed E-state index contributed by atoms with van der Waals surface area (Å²) >= 11 is 0. The van der Waals surface area contributed by atoms with Crippen molar-refractivity contribution < 1.29 is 10.0 Å². The van der Waals surface area contributed by atoms with Crippen LogP contribution < -0.4 is 5.73 Å². The second-order valence-electron chi connectivity index (χ2n) is 6.94. The minimum atomic E-state index is -0.0189. The van der Waals surface area contributed by atoms with E-state index in [1.54, 1.807) is 0 Å². The molecule has 0 aromatic carbocycles. The van der Waals surface area contributed by atoms with Crippen LogP contribution >= 0.6 is 0 Å². The summed E-state index contributed by atoms with van der Waals surface area (Å²) in [5.74, 6) is 0.787. The molecule has 0 radical (unpaired) electrons. The zero-order valence-corrected chi connectivity index (χ0v) is 13.4. The van der Waals surface area contributed by atoms with E-state index in [4.69, 9.17) is 10.9 Å². The van der Waals surface area contributed by atoms with Gasteiger partial charge in [-0.25, -0.2) is 0 Å². The number of piperazine rings is 1. The largest absolute Gasteiger partial charge is 0.409 e. The molecule has 1 saturated heterocycles. The first-order valence-corrected chi connectivity index (χ1v) is 7.91. The average molecular weight is 296 g/mol. The Hall–Kier alpha value is -1.30. The van der Waals surface area contributed by atoms with Crippen molar-refractivity contribution in [3.05, 3.63) is 0 Å². The van der Waals surface area contributed by atoms with Gasteiger partial charge in [0.15, 0.2) is 5.84 Å². The Balaban J connectivity index is 1.89. The van der Waals surface area contributed by atoms with Gasteiger partial charge in [0.1, 0.15) is 0 Å². The van der Waals surface area contributed by atoms with Gasteiger partial charge in [0, 0.05) is 32.1 Å². The van der Waals surface area contributed by atoms with Crippen LogP contribution in [0, 0.1) is 11.3 Å². The molecule has 1 heterocycles. The first kappa shape index (κ1) is 16.1. The highest BCUT2D eigenvalue weighted by atomic mass is 16.4. The predicted molar refractivity (Wildman–Crippen MR) is 82.1 cm³/mol. The summed E-state index contributed by atoms with van der Waals surface area (Å²) in [4.78, 5) is 16.6. The fourth-order valence-electron chi connectivity index (χ4n) is 3.22. The van der Waals surface area contributed by atoms with Crippen LogP contribution in [0.3, 0.4) is 0 Å². The lowest BCUT2D eigenvalue weighted by Gasteiger charge is -2.39. The Labute approximate surface area is 127 Å². The van der Waals surface area contributed by atoms with Crippen molar-refractivity contribution >= 4 is 11.7 Å². The molecule has 6 nitrogen and oxygen atoms in total. The highest BCUT2D eigenvalue weighted by Crippen LogP contribution is 2.52. The Morgan fingerprint density at radius 1 is 1.38 bits per heavy atom. The van der Waals surface area contributed by atoms with Crippen molar-refractivity contribution in [2.45, 2.75) is 46.1 Å². The minimum Gasteiger partial charge on any atom is -0.409 e. The van der Waals surface area contributed by atoms with E-state index in [0.717, 1.165) is 45.4 Å². The SMILES string of the molecule is CCCC(C(N)=NO)N1CCN(C(=O)C2CC2(C)C)CC1. The number of carbonyl (C=O) groups is 1. The van der Waals surface area contributed by atoms with Gasteiger partial charge in [0.25, 0.3) is 0 Å². The smallest absolute Gasteiger partial charge is 0.226 e. The number of rotatable bonds is 5. The van der Waals surface area contributed by atoms with E-state index in [1.807, 2.05) is 4.90 Å². The molecule has 0 aromatic heterocycles. The maximum Gasteiger partial charge on any atom is 0.226 e. The second kappa shape index (κ2) is 6.22. The van der Waals surface area contributed by atoms with E-state index < -0.39 is 0 Å². The lowest BCUT2D eigenvalue weighted by Crippen LogP contribution is -2.55. The van der Waals surface area contributed by atoms with Gasteiger partial charge < -0.3 is 15.8 Å². The number of carbonyl (C=O) groups excluding carboxylic acids is 1. The van der Waals surface area contributed by atoms with Crippen molar-refractivity contribution in [2.24, 2.45) is 22.2 Å². The molecule has 1 amide bonds. The third-order valence-corrected chi connectivity index (χ3v) is 4.90. The number of oxime groups is 1. The number of nitrogens with zero attached hydrogens (tertiary/aromatic N) is 3. The molecule has 2 aliphatic rings. The van der Waals surface area contributed by atoms with Gasteiger partial charge in [-0.05, 0) is 18.3 Å². The van der Waals surface area contributed by atoms with Crippen LogP contribution in [0.5, 0.6) is 0 Å². The molecule has 0 bridgehead atoms. The number of amides is 1. The van der Waals surface area contributed by atoms with E-state index in [0.29, 0.717) is 5.91 Å². The quantitative estimate of drug-likeness (QED) is 0.344. The fourth-order valence-corrected chi connectivity index (χ4v) is 3.22. The van der Waals surface area contributed by atoms with E-state index in [-0.39, 0.29) is 23.2 Å². The predicted octanol–water partition coefficient (Wildman–Crippen LogP) is 1.09. The van der Waals surface area contributed by atoms with E-state index >= 15 is 0 Å². The van der Waals surface area contributed by atoms with Gasteiger partial charge in [0.2, 0.25) is 5.91 Å². The van der Waals surface area contributed by atoms with Gasteiger partial charge in [-0.3, -0.25) is 9.69 Å². The van der Waals surface area contributed by atoms with Gasteiger partial charge >= 0.3 is 0 Å². The van der Waals surface area contributed by atoms with Crippen molar-refractivity contribution in [3.8, 4) is 0 Å². The Kier molecular flexibility index (Phi) is 4.76. The molecule has 120 valence electrons. The first-order valence-electron chi connectivity index (χ1n) is 7.91. The van der Waals surface area contributed by atoms with E-state index in [9.17, 15) is 4.79 Å². The van der Waals surface area contributed by atoms with Crippen LogP contribution in [-0.2, 0) is 4.79 Å². The average Bonchev–Trinajstić information content (AvgIpc) is 3.12. The van der Waals surface area contributed by atoms with Crippen LogP contribution in [0.25, 0.3) is 0 Å². The summed E-state index contributed by atoms with van der Waals surface area (Å²) in [6.45, 7) is 9.46. The number of hydrogen-bond donors (Lipinski definition) is 2. The lowest BCUT2D eigenvalue weighted by atomic mass is 10.1. The summed E-state index contributed by atoms with van der Waals surface area (Å²) < 4.78 is 0. The molecule has 0 aromatic rings. The zero-order valence-electron chi connectivity index (χ0n) is 13.4. The molecule has 6 heteroatoms. The topological polar surface area (TPSA) is 82.2 Å². The van der Waals surface area contributed by atoms with Gasteiger partial charge in [0.05, 0.1) is 6.04 Å². The van der Waals surface area contributed by atoms with E-state index in [2.05, 4.69) is 30.8 Å². The molecule has 21 heavy (non-hydrogen) atoms. The molecular weight excluding hydrogens is 268 g/mol. The molecule has 1 aliphatic heterocycles. The monoisotopic (exact) mass is 296 g/mol. The fraction of sp³-hybridized carbons (Fsp3) is 0.867. The summed E-state index contributed by atoms with van der Waals surface area (Å²) in [6, 6.07) is -0.0189. The van der Waals surface area contributed by atoms with Crippen molar-refractivity contribution in [2.75, 3.05) is 26.2 Å². The van der Waals surface area contributed by atoms with Crippen LogP contribution in [-0.4, -0.2) is 59.0 Å². The number of hydrogen-bond acceptors (Lipinski definition) is 4. The van der Waals surface area contributed by atoms with Gasteiger partial charge in [-0.15, -0.1) is 0 Å². The standard InChI is InChI=1S/C15H28N4O2/c1-4-5-12(13(16)17-21)18-6-8-19(9-7-18)14(20)11-10-15(11,2)3/h11-12,21H,4-10H2,1-3H3,(H2,16,17). The van der Waals surface area contributed by atoms with Crippen LogP contribution in [0.4, 0.5) is 0 Å². The van der Waals surface area contributed by atoms with Crippen LogP contribution in [0.1, 0.15) is 40.0 Å². The van der Waals surface area contributed by atoms with Crippen LogP contribution in [0.15, 0.2) is 5.16 Å². The highest BCUT2D eigenvalue weighted by Gasteiger charge is 2.52. The van der Waals surface area contributed by atoms with Crippen molar-refractivity contribution in [1.82, 2.24) is 9.80 Å². The zero-order chi connectivity index (χ0) is 15.6. The molecule has 1 saturated carbocycles. The maximum atomic E-state index is 12.4. The summed E-state index contributed by atoms with van der Waals surface area (Å²) in [5, 5.41) is 12.1. The summed E-state index contributed by atoms with van der Waals surface area (Å²) in [5.41, 5.74) is 5.99. The van der Waals surface area contributed by atoms with E-state index in [1.165, 1.54) is 0 Å². The van der Waals surface area contributed by atoms with Gasteiger partial charge in [-0.1, -0.05) is 32.3 Å². The molecule has 1 aliphatic carbocycles. The molecule has 3 N–H and O–H groups in total. The molecule has 0 spiro atoms. The van der Waals surface area contributed by atoms with Crippen LogP contribution in [0.2, 0.25) is 0 Å². The second-order valence-corrected chi connectivity index (χ2v) is 6.94. The lowest BCUT2D eigenvalue weighted by molar-refractivity contribution is -0.135. The molecule has 2 atom stereocenters. The minimum absolute atomic E-state index is 0.0189. The Morgan fingerprint density at radius 2 is 1.95 bits per heavy atom. The summed E-state index contributed by atoms with van der Waals surface area (Å²) in [6.07, 6.45) is 2.87. The maximum absolute atomic E-state index is 12.4. The molecule has 2 fully saturated rings. The summed E-state index contributed by atoms with van der Waals surface area (Å²) in [7, 11) is 0. The van der Waals surface area contributed by atoms with Gasteiger partial charge in [-0.2, -0.15) is 0 Å². The highest BCUT2D eigenvalue weighted by molar-refractivity contribution is 5.85.